The zero-order valence-corrected chi connectivity index (χ0v) is 22.4. The van der Waals surface area contributed by atoms with E-state index in [-0.39, 0.29) is 48.7 Å². The predicted octanol–water partition coefficient (Wildman–Crippen LogP) is 2.55. The fraction of sp³-hybridized carbons (Fsp3) is 0.519. The molecule has 1 unspecified atom stereocenters. The van der Waals surface area contributed by atoms with Crippen molar-refractivity contribution in [3.63, 3.8) is 0 Å². The van der Waals surface area contributed by atoms with E-state index in [1.807, 2.05) is 0 Å². The van der Waals surface area contributed by atoms with E-state index in [0.717, 1.165) is 25.7 Å². The minimum atomic E-state index is -0.469. The number of aryl methyl sites for hydroxylation is 1. The Bertz CT molecular complexity index is 1220. The summed E-state index contributed by atoms with van der Waals surface area (Å²) in [5, 5.41) is 19.1. The molecule has 2 aliphatic rings. The van der Waals surface area contributed by atoms with E-state index < -0.39 is 5.82 Å². The Balaban J connectivity index is 1.30. The van der Waals surface area contributed by atoms with Crippen LogP contribution in [0.3, 0.4) is 0 Å². The van der Waals surface area contributed by atoms with Crippen LogP contribution in [0.2, 0.25) is 0 Å². The highest BCUT2D eigenvalue weighted by molar-refractivity contribution is 6.01. The standard InChI is InChI=1S/C27H35FN6O5/c1-16-30-21(13-23(31-16)26(36)29-15-17-4-9-20(28)25(12-17)38-3)22-14-24(39-33-22)18-5-7-19(8-6-18)32-27(37)34(2)10-11-35/h4,9,12-13,18-19,24,35H,5-8,10-11,14-15H2,1-3H3,(H,29,36)(H,32,37). The summed E-state index contributed by atoms with van der Waals surface area (Å²) in [5.41, 5.74) is 2.12. The van der Waals surface area contributed by atoms with E-state index in [9.17, 15) is 14.0 Å². The van der Waals surface area contributed by atoms with E-state index >= 15 is 0 Å². The third kappa shape index (κ3) is 7.20. The molecule has 3 N–H and O–H groups in total. The molecule has 1 atom stereocenters. The quantitative estimate of drug-likeness (QED) is 0.443. The van der Waals surface area contributed by atoms with Crippen LogP contribution in [-0.4, -0.2) is 77.1 Å². The molecule has 1 aromatic heterocycles. The average molecular weight is 543 g/mol. The molecule has 1 aromatic carbocycles. The number of nitrogens with zero attached hydrogens (tertiary/aromatic N) is 4. The van der Waals surface area contributed by atoms with Crippen LogP contribution in [0.25, 0.3) is 0 Å². The molecule has 2 aromatic rings. The van der Waals surface area contributed by atoms with Crippen molar-refractivity contribution in [3.05, 3.63) is 52.9 Å². The summed E-state index contributed by atoms with van der Waals surface area (Å²) in [6, 6.07) is 5.94. The van der Waals surface area contributed by atoms with E-state index in [1.165, 1.54) is 24.1 Å². The molecule has 1 aliphatic carbocycles. The molecule has 4 rings (SSSR count). The van der Waals surface area contributed by atoms with Gasteiger partial charge in [0.2, 0.25) is 0 Å². The smallest absolute Gasteiger partial charge is 0.317 e. The van der Waals surface area contributed by atoms with Gasteiger partial charge in [0.15, 0.2) is 11.6 Å². The molecular formula is C27H35FN6O5. The molecule has 3 amide bonds. The van der Waals surface area contributed by atoms with Crippen molar-refractivity contribution in [3.8, 4) is 5.75 Å². The second-order valence-electron chi connectivity index (χ2n) is 9.93. The molecule has 210 valence electrons. The second kappa shape index (κ2) is 12.8. The van der Waals surface area contributed by atoms with Crippen LogP contribution < -0.4 is 15.4 Å². The lowest BCUT2D eigenvalue weighted by molar-refractivity contribution is 0.0236. The summed E-state index contributed by atoms with van der Waals surface area (Å²) in [4.78, 5) is 41.0. The highest BCUT2D eigenvalue weighted by Gasteiger charge is 2.34. The molecule has 2 heterocycles. The maximum Gasteiger partial charge on any atom is 0.317 e. The normalized spacial score (nSPS) is 20.5. The molecule has 0 saturated heterocycles. The molecule has 0 radical (unpaired) electrons. The highest BCUT2D eigenvalue weighted by Crippen LogP contribution is 2.33. The summed E-state index contributed by atoms with van der Waals surface area (Å²) in [6.07, 6.45) is 3.97. The lowest BCUT2D eigenvalue weighted by Crippen LogP contribution is -2.45. The third-order valence-electron chi connectivity index (χ3n) is 7.14. The van der Waals surface area contributed by atoms with Crippen molar-refractivity contribution in [1.29, 1.82) is 0 Å². The van der Waals surface area contributed by atoms with Crippen molar-refractivity contribution in [2.45, 2.75) is 57.7 Å². The zero-order valence-electron chi connectivity index (χ0n) is 22.4. The van der Waals surface area contributed by atoms with Gasteiger partial charge in [0, 0.05) is 32.6 Å². The molecule has 39 heavy (non-hydrogen) atoms. The van der Waals surface area contributed by atoms with Gasteiger partial charge in [-0.25, -0.2) is 19.2 Å². The Hall–Kier alpha value is -3.80. The van der Waals surface area contributed by atoms with Crippen molar-refractivity contribution in [2.75, 3.05) is 27.3 Å². The predicted molar refractivity (Wildman–Crippen MR) is 141 cm³/mol. The molecule has 1 saturated carbocycles. The Morgan fingerprint density at radius 1 is 1.21 bits per heavy atom. The van der Waals surface area contributed by atoms with Crippen LogP contribution in [0.4, 0.5) is 9.18 Å². The van der Waals surface area contributed by atoms with Gasteiger partial charge < -0.3 is 30.2 Å². The van der Waals surface area contributed by atoms with Crippen LogP contribution in [0.1, 0.15) is 59.7 Å². The summed E-state index contributed by atoms with van der Waals surface area (Å²) < 4.78 is 18.7. The van der Waals surface area contributed by atoms with Crippen molar-refractivity contribution < 1.29 is 28.7 Å². The van der Waals surface area contributed by atoms with E-state index in [0.29, 0.717) is 41.7 Å². The number of likely N-dealkylation sites (N-methyl/N-ethyl adjacent to an activating group) is 1. The van der Waals surface area contributed by atoms with Gasteiger partial charge in [-0.3, -0.25) is 4.79 Å². The number of oxime groups is 1. The van der Waals surface area contributed by atoms with Gasteiger partial charge in [0.25, 0.3) is 5.91 Å². The SMILES string of the molecule is COc1cc(CNC(=O)c2cc(C3=NOC(C4CCC(NC(=O)N(C)CCO)CC4)C3)nc(C)n2)ccc1F. The van der Waals surface area contributed by atoms with Crippen LogP contribution in [-0.2, 0) is 11.4 Å². The number of rotatable bonds is 9. The number of nitrogens with one attached hydrogen (secondary N) is 2. The maximum atomic E-state index is 13.7. The minimum Gasteiger partial charge on any atom is -0.494 e. The summed E-state index contributed by atoms with van der Waals surface area (Å²) in [5.74, 6) is -0.00301. The summed E-state index contributed by atoms with van der Waals surface area (Å²) >= 11 is 0. The van der Waals surface area contributed by atoms with Gasteiger partial charge in [-0.15, -0.1) is 0 Å². The number of hydrogen-bond acceptors (Lipinski definition) is 8. The van der Waals surface area contributed by atoms with Gasteiger partial charge >= 0.3 is 6.03 Å². The Morgan fingerprint density at radius 2 is 1.97 bits per heavy atom. The van der Waals surface area contributed by atoms with Crippen LogP contribution in [0.15, 0.2) is 29.4 Å². The van der Waals surface area contributed by atoms with Crippen molar-refractivity contribution in [1.82, 2.24) is 25.5 Å². The zero-order chi connectivity index (χ0) is 27.9. The number of aliphatic hydroxyl groups excluding tert-OH is 1. The topological polar surface area (TPSA) is 138 Å². The van der Waals surface area contributed by atoms with Crippen LogP contribution in [0, 0.1) is 18.7 Å². The molecule has 1 fully saturated rings. The first-order valence-corrected chi connectivity index (χ1v) is 13.1. The maximum absolute atomic E-state index is 13.7. The van der Waals surface area contributed by atoms with E-state index in [2.05, 4.69) is 25.8 Å². The number of urea groups is 1. The molecule has 0 bridgehead atoms. The number of amides is 3. The fourth-order valence-corrected chi connectivity index (χ4v) is 4.89. The van der Waals surface area contributed by atoms with Crippen LogP contribution in [0.5, 0.6) is 5.75 Å². The number of benzene rings is 1. The number of carbonyl (C=O) groups is 2. The molecule has 1 aliphatic heterocycles. The Kier molecular flexibility index (Phi) is 9.28. The number of methoxy groups -OCH3 is 1. The third-order valence-corrected chi connectivity index (χ3v) is 7.14. The lowest BCUT2D eigenvalue weighted by atomic mass is 9.81. The van der Waals surface area contributed by atoms with Gasteiger partial charge in [-0.2, -0.15) is 0 Å². The van der Waals surface area contributed by atoms with E-state index in [4.69, 9.17) is 14.7 Å². The summed E-state index contributed by atoms with van der Waals surface area (Å²) in [7, 11) is 3.05. The number of aliphatic hydroxyl groups is 1. The van der Waals surface area contributed by atoms with E-state index in [1.54, 1.807) is 26.1 Å². The first kappa shape index (κ1) is 28.2. The highest BCUT2D eigenvalue weighted by atomic mass is 19.1. The number of ether oxygens (including phenoxy) is 1. The van der Waals surface area contributed by atoms with Gasteiger partial charge in [-0.1, -0.05) is 11.2 Å². The lowest BCUT2D eigenvalue weighted by Gasteiger charge is -2.32. The number of halogens is 1. The second-order valence-corrected chi connectivity index (χ2v) is 9.93. The average Bonchev–Trinajstić information content (AvgIpc) is 3.43. The minimum absolute atomic E-state index is 0.0678. The number of carbonyl (C=O) groups excluding carboxylic acids is 2. The van der Waals surface area contributed by atoms with Crippen molar-refractivity contribution in [2.24, 2.45) is 11.1 Å². The molecule has 11 nitrogen and oxygen atoms in total. The van der Waals surface area contributed by atoms with Gasteiger partial charge in [0.1, 0.15) is 23.3 Å². The largest absolute Gasteiger partial charge is 0.494 e. The van der Waals surface area contributed by atoms with Crippen LogP contribution >= 0.6 is 0 Å². The molecular weight excluding hydrogens is 507 g/mol. The molecule has 12 heteroatoms. The first-order chi connectivity index (χ1) is 18.8. The monoisotopic (exact) mass is 542 g/mol. The number of hydrogen-bond donors (Lipinski definition) is 3. The van der Waals surface area contributed by atoms with Gasteiger partial charge in [-0.05, 0) is 62.3 Å². The first-order valence-electron chi connectivity index (χ1n) is 13.1. The van der Waals surface area contributed by atoms with Gasteiger partial charge in [0.05, 0.1) is 19.4 Å². The Morgan fingerprint density at radius 3 is 2.69 bits per heavy atom. The summed E-state index contributed by atoms with van der Waals surface area (Å²) in [6.45, 7) is 2.13. The Labute approximate surface area is 226 Å². The molecule has 0 spiro atoms. The fourth-order valence-electron chi connectivity index (χ4n) is 4.89. The van der Waals surface area contributed by atoms with Crippen molar-refractivity contribution >= 4 is 17.6 Å². The number of aromatic nitrogens is 2.